The number of aryl methyl sites for hydroxylation is 3. The maximum absolute atomic E-state index is 11.7. The SMILES string of the molecule is Cc1cc(C(=O)NCc2nc(C)c(C)s2)n[nH]1. The molecule has 0 atom stereocenters. The van der Waals surface area contributed by atoms with Crippen LogP contribution in [0.4, 0.5) is 0 Å². The Bertz CT molecular complexity index is 524. The molecule has 17 heavy (non-hydrogen) atoms. The number of rotatable bonds is 3. The Morgan fingerprint density at radius 3 is 2.76 bits per heavy atom. The van der Waals surface area contributed by atoms with Gasteiger partial charge < -0.3 is 5.32 Å². The van der Waals surface area contributed by atoms with Gasteiger partial charge in [0.1, 0.15) is 10.7 Å². The fourth-order valence-electron chi connectivity index (χ4n) is 1.40. The maximum Gasteiger partial charge on any atom is 0.272 e. The Morgan fingerprint density at radius 1 is 1.47 bits per heavy atom. The molecule has 90 valence electrons. The zero-order chi connectivity index (χ0) is 12.4. The smallest absolute Gasteiger partial charge is 0.272 e. The van der Waals surface area contributed by atoms with Crippen LogP contribution in [0, 0.1) is 20.8 Å². The Balaban J connectivity index is 1.96. The molecule has 2 N–H and O–H groups in total. The highest BCUT2D eigenvalue weighted by Crippen LogP contribution is 2.16. The average Bonchev–Trinajstić information content (AvgIpc) is 2.83. The lowest BCUT2D eigenvalue weighted by Crippen LogP contribution is -2.23. The second-order valence-electron chi connectivity index (χ2n) is 3.87. The molecule has 0 fully saturated rings. The molecule has 0 aliphatic heterocycles. The van der Waals surface area contributed by atoms with E-state index in [1.54, 1.807) is 17.4 Å². The lowest BCUT2D eigenvalue weighted by molar-refractivity contribution is 0.0946. The van der Waals surface area contributed by atoms with Crippen molar-refractivity contribution in [3.8, 4) is 0 Å². The van der Waals surface area contributed by atoms with Crippen molar-refractivity contribution in [2.75, 3.05) is 0 Å². The number of hydrogen-bond donors (Lipinski definition) is 2. The number of H-pyrrole nitrogens is 1. The van der Waals surface area contributed by atoms with Crippen molar-refractivity contribution in [2.24, 2.45) is 0 Å². The number of nitrogens with zero attached hydrogens (tertiary/aromatic N) is 2. The summed E-state index contributed by atoms with van der Waals surface area (Å²) in [5.41, 5.74) is 2.30. The van der Waals surface area contributed by atoms with Crippen LogP contribution in [0.15, 0.2) is 6.07 Å². The largest absolute Gasteiger partial charge is 0.344 e. The molecule has 0 saturated carbocycles. The summed E-state index contributed by atoms with van der Waals surface area (Å²) in [5, 5.41) is 10.3. The number of aromatic amines is 1. The van der Waals surface area contributed by atoms with Crippen LogP contribution in [0.25, 0.3) is 0 Å². The summed E-state index contributed by atoms with van der Waals surface area (Å²) in [7, 11) is 0. The average molecular weight is 250 g/mol. The molecule has 0 aromatic carbocycles. The lowest BCUT2D eigenvalue weighted by atomic mass is 10.3. The normalized spacial score (nSPS) is 10.5. The van der Waals surface area contributed by atoms with Gasteiger partial charge in [-0.3, -0.25) is 9.89 Å². The van der Waals surface area contributed by atoms with Gasteiger partial charge in [-0.05, 0) is 26.8 Å². The predicted octanol–water partition coefficient (Wildman–Crippen LogP) is 1.72. The zero-order valence-electron chi connectivity index (χ0n) is 10.00. The molecule has 2 aromatic heterocycles. The molecule has 0 aliphatic rings. The van der Waals surface area contributed by atoms with Crippen LogP contribution in [-0.2, 0) is 6.54 Å². The molecule has 0 aliphatic carbocycles. The van der Waals surface area contributed by atoms with Gasteiger partial charge in [0.05, 0.1) is 12.2 Å². The third-order valence-corrected chi connectivity index (χ3v) is 3.48. The second-order valence-corrected chi connectivity index (χ2v) is 5.16. The van der Waals surface area contributed by atoms with Crippen molar-refractivity contribution in [2.45, 2.75) is 27.3 Å². The van der Waals surface area contributed by atoms with E-state index in [0.717, 1.165) is 16.4 Å². The number of aromatic nitrogens is 3. The lowest BCUT2D eigenvalue weighted by Gasteiger charge is -1.98. The van der Waals surface area contributed by atoms with Crippen LogP contribution < -0.4 is 5.32 Å². The van der Waals surface area contributed by atoms with Crippen LogP contribution in [0.3, 0.4) is 0 Å². The Labute approximate surface area is 103 Å². The number of carbonyl (C=O) groups excluding carboxylic acids is 1. The molecule has 0 unspecified atom stereocenters. The first-order valence-corrected chi connectivity index (χ1v) is 6.11. The van der Waals surface area contributed by atoms with E-state index in [0.29, 0.717) is 12.2 Å². The first-order chi connectivity index (χ1) is 8.06. The number of hydrogen-bond acceptors (Lipinski definition) is 4. The van der Waals surface area contributed by atoms with Crippen LogP contribution in [0.1, 0.15) is 31.8 Å². The highest BCUT2D eigenvalue weighted by Gasteiger charge is 2.10. The monoisotopic (exact) mass is 250 g/mol. The molecule has 0 bridgehead atoms. The topological polar surface area (TPSA) is 70.7 Å². The molecule has 0 saturated heterocycles. The molecule has 5 nitrogen and oxygen atoms in total. The first-order valence-electron chi connectivity index (χ1n) is 5.29. The van der Waals surface area contributed by atoms with Gasteiger partial charge in [0, 0.05) is 10.6 Å². The van der Waals surface area contributed by atoms with Crippen molar-refractivity contribution in [1.82, 2.24) is 20.5 Å². The summed E-state index contributed by atoms with van der Waals surface area (Å²) >= 11 is 1.60. The van der Waals surface area contributed by atoms with Crippen LogP contribution in [0.5, 0.6) is 0 Å². The fraction of sp³-hybridized carbons (Fsp3) is 0.364. The number of nitrogens with one attached hydrogen (secondary N) is 2. The van der Waals surface area contributed by atoms with Crippen LogP contribution in [0.2, 0.25) is 0 Å². The van der Waals surface area contributed by atoms with E-state index in [9.17, 15) is 4.79 Å². The molecule has 0 spiro atoms. The summed E-state index contributed by atoms with van der Waals surface area (Å²) in [6, 6.07) is 1.72. The van der Waals surface area contributed by atoms with Gasteiger partial charge in [-0.2, -0.15) is 5.10 Å². The van der Waals surface area contributed by atoms with Gasteiger partial charge in [-0.25, -0.2) is 4.98 Å². The van der Waals surface area contributed by atoms with Gasteiger partial charge in [-0.15, -0.1) is 11.3 Å². The van der Waals surface area contributed by atoms with E-state index in [-0.39, 0.29) is 5.91 Å². The van der Waals surface area contributed by atoms with Gasteiger partial charge in [-0.1, -0.05) is 0 Å². The van der Waals surface area contributed by atoms with Crippen molar-refractivity contribution in [3.63, 3.8) is 0 Å². The second kappa shape index (κ2) is 4.67. The predicted molar refractivity (Wildman–Crippen MR) is 66.1 cm³/mol. The molecule has 2 aromatic rings. The van der Waals surface area contributed by atoms with E-state index in [1.807, 2.05) is 20.8 Å². The molecule has 2 heterocycles. The van der Waals surface area contributed by atoms with Crippen molar-refractivity contribution in [1.29, 1.82) is 0 Å². The molecular formula is C11H14N4OS. The minimum Gasteiger partial charge on any atom is -0.344 e. The van der Waals surface area contributed by atoms with Crippen molar-refractivity contribution >= 4 is 17.2 Å². The van der Waals surface area contributed by atoms with Gasteiger partial charge in [0.25, 0.3) is 5.91 Å². The quantitative estimate of drug-likeness (QED) is 0.871. The van der Waals surface area contributed by atoms with Gasteiger partial charge >= 0.3 is 0 Å². The van der Waals surface area contributed by atoms with Crippen LogP contribution >= 0.6 is 11.3 Å². The Kier molecular flexibility index (Phi) is 3.23. The summed E-state index contributed by atoms with van der Waals surface area (Å²) in [6.07, 6.45) is 0. The Morgan fingerprint density at radius 2 is 2.24 bits per heavy atom. The van der Waals surface area contributed by atoms with E-state index >= 15 is 0 Å². The minimum absolute atomic E-state index is 0.181. The number of carbonyl (C=O) groups is 1. The zero-order valence-corrected chi connectivity index (χ0v) is 10.8. The van der Waals surface area contributed by atoms with Crippen LogP contribution in [-0.4, -0.2) is 21.1 Å². The number of amides is 1. The van der Waals surface area contributed by atoms with E-state index < -0.39 is 0 Å². The van der Waals surface area contributed by atoms with E-state index in [4.69, 9.17) is 0 Å². The van der Waals surface area contributed by atoms with Gasteiger partial charge in [0.2, 0.25) is 0 Å². The van der Waals surface area contributed by atoms with Gasteiger partial charge in [0.15, 0.2) is 0 Å². The van der Waals surface area contributed by atoms with E-state index in [1.165, 1.54) is 4.88 Å². The Hall–Kier alpha value is -1.69. The number of thiazole rings is 1. The summed E-state index contributed by atoms with van der Waals surface area (Å²) in [4.78, 5) is 17.2. The molecule has 0 radical (unpaired) electrons. The van der Waals surface area contributed by atoms with Crippen molar-refractivity contribution in [3.05, 3.63) is 33.0 Å². The molecule has 2 rings (SSSR count). The standard InChI is InChI=1S/C11H14N4OS/c1-6-4-9(15-14-6)11(16)12-5-10-13-7(2)8(3)17-10/h4H,5H2,1-3H3,(H,12,16)(H,14,15). The first kappa shape index (κ1) is 11.8. The molecular weight excluding hydrogens is 236 g/mol. The fourth-order valence-corrected chi connectivity index (χ4v) is 2.27. The minimum atomic E-state index is -0.181. The summed E-state index contributed by atoms with van der Waals surface area (Å²) in [5.74, 6) is -0.181. The third-order valence-electron chi connectivity index (χ3n) is 2.41. The highest BCUT2D eigenvalue weighted by atomic mass is 32.1. The summed E-state index contributed by atoms with van der Waals surface area (Å²) in [6.45, 7) is 6.30. The van der Waals surface area contributed by atoms with Crippen molar-refractivity contribution < 1.29 is 4.79 Å². The molecule has 6 heteroatoms. The third kappa shape index (κ3) is 2.71. The van der Waals surface area contributed by atoms with E-state index in [2.05, 4.69) is 20.5 Å². The highest BCUT2D eigenvalue weighted by molar-refractivity contribution is 7.11. The molecule has 1 amide bonds. The summed E-state index contributed by atoms with van der Waals surface area (Å²) < 4.78 is 0. The maximum atomic E-state index is 11.7.